The Balaban J connectivity index is 1.99. The second-order valence-electron chi connectivity index (χ2n) is 5.61. The lowest BCUT2D eigenvalue weighted by Gasteiger charge is -2.42. The third-order valence-corrected chi connectivity index (χ3v) is 3.77. The van der Waals surface area contributed by atoms with E-state index in [2.05, 4.69) is 5.32 Å². The van der Waals surface area contributed by atoms with E-state index < -0.39 is 30.3 Å². The van der Waals surface area contributed by atoms with Crippen LogP contribution < -0.4 is 5.32 Å². The van der Waals surface area contributed by atoms with Crippen molar-refractivity contribution in [1.82, 2.24) is 10.2 Å². The zero-order valence-corrected chi connectivity index (χ0v) is 10.9. The molecule has 2 fully saturated rings. The number of carboxylic acids is 1. The molecule has 2 N–H and O–H groups in total. The van der Waals surface area contributed by atoms with Crippen molar-refractivity contribution in [2.45, 2.75) is 56.3 Å². The molecule has 0 heterocycles. The van der Waals surface area contributed by atoms with Crippen molar-refractivity contribution >= 4 is 12.0 Å². The van der Waals surface area contributed by atoms with Crippen molar-refractivity contribution in [3.63, 3.8) is 0 Å². The molecule has 2 rings (SSSR count). The van der Waals surface area contributed by atoms with Gasteiger partial charge in [0.25, 0.3) is 0 Å². The molecule has 0 aromatic heterocycles. The van der Waals surface area contributed by atoms with Gasteiger partial charge in [-0.15, -0.1) is 0 Å². The normalized spacial score (nSPS) is 20.9. The summed E-state index contributed by atoms with van der Waals surface area (Å²) in [4.78, 5) is 23.6. The third-order valence-electron chi connectivity index (χ3n) is 3.77. The summed E-state index contributed by atoms with van der Waals surface area (Å²) in [5.74, 6) is -1.06. The first-order chi connectivity index (χ1) is 9.21. The molecule has 0 unspecified atom stereocenters. The van der Waals surface area contributed by atoms with Crippen molar-refractivity contribution in [1.29, 1.82) is 0 Å². The third kappa shape index (κ3) is 3.77. The number of aliphatic carboxylic acids is 1. The summed E-state index contributed by atoms with van der Waals surface area (Å²) in [6.45, 7) is -1.29. The topological polar surface area (TPSA) is 69.6 Å². The van der Waals surface area contributed by atoms with Gasteiger partial charge < -0.3 is 15.3 Å². The van der Waals surface area contributed by atoms with Crippen LogP contribution in [0.4, 0.5) is 18.0 Å². The average molecular weight is 294 g/mol. The minimum Gasteiger partial charge on any atom is -0.481 e. The molecule has 8 heteroatoms. The fourth-order valence-corrected chi connectivity index (χ4v) is 2.48. The van der Waals surface area contributed by atoms with Crippen molar-refractivity contribution in [2.75, 3.05) is 6.54 Å². The second-order valence-corrected chi connectivity index (χ2v) is 5.61. The highest BCUT2D eigenvalue weighted by Gasteiger charge is 2.45. The number of nitrogens with zero attached hydrogens (tertiary/aromatic N) is 1. The van der Waals surface area contributed by atoms with Gasteiger partial charge >= 0.3 is 18.2 Å². The van der Waals surface area contributed by atoms with Crippen molar-refractivity contribution in [2.24, 2.45) is 0 Å². The van der Waals surface area contributed by atoms with E-state index >= 15 is 0 Å². The van der Waals surface area contributed by atoms with Crippen LogP contribution in [0, 0.1) is 0 Å². The molecule has 0 aromatic rings. The largest absolute Gasteiger partial charge is 0.481 e. The lowest BCUT2D eigenvalue weighted by Crippen LogP contribution is -2.59. The van der Waals surface area contributed by atoms with Crippen LogP contribution in [0.15, 0.2) is 0 Å². The van der Waals surface area contributed by atoms with Gasteiger partial charge in [-0.05, 0) is 32.1 Å². The number of hydrogen-bond acceptors (Lipinski definition) is 2. The number of carboxylic acid groups (broad SMARTS) is 1. The van der Waals surface area contributed by atoms with Crippen LogP contribution in [-0.4, -0.2) is 46.3 Å². The summed E-state index contributed by atoms with van der Waals surface area (Å²) < 4.78 is 37.4. The molecular weight excluding hydrogens is 277 g/mol. The van der Waals surface area contributed by atoms with Gasteiger partial charge in [-0.1, -0.05) is 0 Å². The number of carbonyl (C=O) groups excluding carboxylic acids is 1. The summed E-state index contributed by atoms with van der Waals surface area (Å²) in [7, 11) is 0. The van der Waals surface area contributed by atoms with Gasteiger partial charge in [0.05, 0.1) is 12.0 Å². The lowest BCUT2D eigenvalue weighted by atomic mass is 9.74. The van der Waals surface area contributed by atoms with Crippen molar-refractivity contribution < 1.29 is 27.9 Å². The highest BCUT2D eigenvalue weighted by molar-refractivity contribution is 5.78. The Morgan fingerprint density at radius 2 is 1.90 bits per heavy atom. The Morgan fingerprint density at radius 1 is 1.30 bits per heavy atom. The van der Waals surface area contributed by atoms with E-state index in [4.69, 9.17) is 5.11 Å². The summed E-state index contributed by atoms with van der Waals surface area (Å²) in [5, 5.41) is 11.3. The van der Waals surface area contributed by atoms with Crippen LogP contribution in [0.5, 0.6) is 0 Å². The molecule has 0 aliphatic heterocycles. The summed E-state index contributed by atoms with van der Waals surface area (Å²) >= 11 is 0. The first-order valence-corrected chi connectivity index (χ1v) is 6.58. The van der Waals surface area contributed by atoms with E-state index in [0.717, 1.165) is 11.3 Å². The van der Waals surface area contributed by atoms with Crippen LogP contribution in [-0.2, 0) is 4.79 Å². The molecule has 0 spiro atoms. The van der Waals surface area contributed by atoms with Gasteiger partial charge in [0.15, 0.2) is 0 Å². The van der Waals surface area contributed by atoms with E-state index in [1.165, 1.54) is 0 Å². The monoisotopic (exact) mass is 294 g/mol. The van der Waals surface area contributed by atoms with Crippen LogP contribution in [0.1, 0.15) is 38.5 Å². The minimum absolute atomic E-state index is 0.247. The molecular formula is C12H17F3N2O3. The highest BCUT2D eigenvalue weighted by Crippen LogP contribution is 2.36. The van der Waals surface area contributed by atoms with Crippen LogP contribution in [0.25, 0.3) is 0 Å². The van der Waals surface area contributed by atoms with E-state index in [-0.39, 0.29) is 12.5 Å². The second kappa shape index (κ2) is 5.14. The molecule has 5 nitrogen and oxygen atoms in total. The number of halogens is 3. The number of amides is 2. The maximum absolute atomic E-state index is 12.5. The smallest absolute Gasteiger partial charge is 0.406 e. The zero-order valence-electron chi connectivity index (χ0n) is 10.9. The SMILES string of the molecule is O=C(O)CC1(NC(=O)N(CC(F)(F)F)C2CC2)CCC1. The van der Waals surface area contributed by atoms with Crippen LogP contribution in [0.2, 0.25) is 0 Å². The number of carbonyl (C=O) groups is 2. The maximum atomic E-state index is 12.5. The Hall–Kier alpha value is -1.47. The molecule has 2 saturated carbocycles. The van der Waals surface area contributed by atoms with E-state index in [9.17, 15) is 22.8 Å². The van der Waals surface area contributed by atoms with Crippen LogP contribution in [0.3, 0.4) is 0 Å². The predicted molar refractivity (Wildman–Crippen MR) is 63.1 cm³/mol. The van der Waals surface area contributed by atoms with Gasteiger partial charge in [-0.2, -0.15) is 13.2 Å². The minimum atomic E-state index is -4.44. The molecule has 0 radical (unpaired) electrons. The number of hydrogen-bond donors (Lipinski definition) is 2. The molecule has 0 aromatic carbocycles. The first kappa shape index (κ1) is 14.9. The molecule has 2 amide bonds. The fourth-order valence-electron chi connectivity index (χ4n) is 2.48. The summed E-state index contributed by atoms with van der Waals surface area (Å²) in [5.41, 5.74) is -0.873. The molecule has 114 valence electrons. The number of alkyl halides is 3. The maximum Gasteiger partial charge on any atom is 0.406 e. The standard InChI is InChI=1S/C12H17F3N2O3/c13-12(14,15)7-17(8-2-3-8)10(20)16-11(4-1-5-11)6-9(18)19/h8H,1-7H2,(H,16,20)(H,18,19). The molecule has 0 atom stereocenters. The van der Waals surface area contributed by atoms with Gasteiger partial charge in [0, 0.05) is 6.04 Å². The lowest BCUT2D eigenvalue weighted by molar-refractivity contribution is -0.143. The average Bonchev–Trinajstić information content (AvgIpc) is 3.04. The summed E-state index contributed by atoms with van der Waals surface area (Å²) in [6, 6.07) is -1.18. The quantitative estimate of drug-likeness (QED) is 0.816. The molecule has 0 saturated heterocycles. The Morgan fingerprint density at radius 3 is 2.25 bits per heavy atom. The Bertz CT molecular complexity index is 403. The number of rotatable bonds is 5. The van der Waals surface area contributed by atoms with Gasteiger partial charge in [-0.3, -0.25) is 4.79 Å². The Kier molecular flexibility index (Phi) is 3.84. The molecule has 0 bridgehead atoms. The van der Waals surface area contributed by atoms with Gasteiger partial charge in [-0.25, -0.2) is 4.79 Å². The first-order valence-electron chi connectivity index (χ1n) is 6.58. The van der Waals surface area contributed by atoms with E-state index in [0.29, 0.717) is 25.7 Å². The van der Waals surface area contributed by atoms with Gasteiger partial charge in [0.2, 0.25) is 0 Å². The molecule has 20 heavy (non-hydrogen) atoms. The van der Waals surface area contributed by atoms with E-state index in [1.54, 1.807) is 0 Å². The van der Waals surface area contributed by atoms with Crippen molar-refractivity contribution in [3.8, 4) is 0 Å². The predicted octanol–water partition coefficient (Wildman–Crippen LogP) is 2.12. The molecule has 2 aliphatic carbocycles. The fraction of sp³-hybridized carbons (Fsp3) is 0.833. The molecule has 2 aliphatic rings. The number of nitrogens with one attached hydrogen (secondary N) is 1. The number of urea groups is 1. The Labute approximate surface area is 114 Å². The highest BCUT2D eigenvalue weighted by atomic mass is 19.4. The zero-order chi connectivity index (χ0) is 15.0. The van der Waals surface area contributed by atoms with Crippen molar-refractivity contribution in [3.05, 3.63) is 0 Å². The van der Waals surface area contributed by atoms with E-state index in [1.807, 2.05) is 0 Å². The summed E-state index contributed by atoms with van der Waals surface area (Å²) in [6.07, 6.45) is -1.80. The van der Waals surface area contributed by atoms with Crippen LogP contribution >= 0.6 is 0 Å². The van der Waals surface area contributed by atoms with Gasteiger partial charge in [0.1, 0.15) is 6.54 Å².